The van der Waals surface area contributed by atoms with Gasteiger partial charge in [0.2, 0.25) is 10.0 Å². The number of hydrogen-bond donors (Lipinski definition) is 1. The number of nitrogens with zero attached hydrogens (tertiary/aromatic N) is 1. The monoisotopic (exact) mass is 404 g/mol. The van der Waals surface area contributed by atoms with Crippen LogP contribution in [-0.2, 0) is 16.6 Å². The minimum absolute atomic E-state index is 0.0314. The standard InChI is InChI=1S/C24H24N2O2S/c1-2-18(20-12-7-9-15-24(20)29(25,27)28)16-26-17-22(19-10-4-3-5-11-19)21-13-6-8-14-23(21)26/h3-15,17-18H,2,16H2,1H3,(H2,25,27,28)/t18-/m1/s1. The molecule has 5 heteroatoms. The third kappa shape index (κ3) is 3.84. The summed E-state index contributed by atoms with van der Waals surface area (Å²) in [4.78, 5) is 0.214. The fourth-order valence-electron chi connectivity index (χ4n) is 4.01. The molecule has 1 heterocycles. The second-order valence-corrected chi connectivity index (χ2v) is 8.80. The normalized spacial score (nSPS) is 12.9. The Kier molecular flexibility index (Phi) is 5.26. The highest BCUT2D eigenvalue weighted by Gasteiger charge is 2.21. The summed E-state index contributed by atoms with van der Waals surface area (Å²) in [5.74, 6) is 0.0314. The Hall–Kier alpha value is -2.89. The molecule has 4 aromatic rings. The second-order valence-electron chi connectivity index (χ2n) is 7.27. The first-order valence-electron chi connectivity index (χ1n) is 9.74. The van der Waals surface area contributed by atoms with Gasteiger partial charge in [0, 0.05) is 35.1 Å². The van der Waals surface area contributed by atoms with Crippen molar-refractivity contribution < 1.29 is 8.42 Å². The maximum Gasteiger partial charge on any atom is 0.238 e. The van der Waals surface area contributed by atoms with Gasteiger partial charge in [-0.05, 0) is 29.7 Å². The molecular formula is C24H24N2O2S. The largest absolute Gasteiger partial charge is 0.346 e. The molecule has 0 amide bonds. The lowest BCUT2D eigenvalue weighted by Crippen LogP contribution is -2.17. The average molecular weight is 405 g/mol. The maximum absolute atomic E-state index is 12.1. The Morgan fingerprint density at radius 2 is 1.55 bits per heavy atom. The van der Waals surface area contributed by atoms with Gasteiger partial charge < -0.3 is 4.57 Å². The van der Waals surface area contributed by atoms with Crippen molar-refractivity contribution in [3.05, 3.63) is 90.6 Å². The molecule has 3 aromatic carbocycles. The predicted octanol–water partition coefficient (Wildman–Crippen LogP) is 5.15. The topological polar surface area (TPSA) is 65.1 Å². The lowest BCUT2D eigenvalue weighted by molar-refractivity contribution is 0.544. The molecular weight excluding hydrogens is 380 g/mol. The van der Waals surface area contributed by atoms with E-state index >= 15 is 0 Å². The number of fused-ring (bicyclic) bond motifs is 1. The second kappa shape index (κ2) is 7.85. The van der Waals surface area contributed by atoms with Crippen LogP contribution in [0.2, 0.25) is 0 Å². The molecule has 0 aliphatic heterocycles. The van der Waals surface area contributed by atoms with E-state index in [2.05, 4.69) is 42.0 Å². The third-order valence-corrected chi connectivity index (χ3v) is 6.43. The van der Waals surface area contributed by atoms with Crippen LogP contribution in [0.3, 0.4) is 0 Å². The van der Waals surface area contributed by atoms with Gasteiger partial charge in [-0.1, -0.05) is 73.7 Å². The van der Waals surface area contributed by atoms with Crippen LogP contribution in [0.25, 0.3) is 22.0 Å². The first-order valence-corrected chi connectivity index (χ1v) is 11.3. The molecule has 0 saturated heterocycles. The lowest BCUT2D eigenvalue weighted by Gasteiger charge is -2.19. The van der Waals surface area contributed by atoms with Crippen LogP contribution in [0.5, 0.6) is 0 Å². The fraction of sp³-hybridized carbons (Fsp3) is 0.167. The van der Waals surface area contributed by atoms with Crippen LogP contribution in [0, 0.1) is 0 Å². The minimum Gasteiger partial charge on any atom is -0.346 e. The summed E-state index contributed by atoms with van der Waals surface area (Å²) in [5.41, 5.74) is 4.26. The summed E-state index contributed by atoms with van der Waals surface area (Å²) < 4.78 is 26.4. The summed E-state index contributed by atoms with van der Waals surface area (Å²) >= 11 is 0. The lowest BCUT2D eigenvalue weighted by atomic mass is 9.96. The number of sulfonamides is 1. The van der Waals surface area contributed by atoms with Gasteiger partial charge in [0.05, 0.1) is 4.90 Å². The average Bonchev–Trinajstić information content (AvgIpc) is 3.10. The first kappa shape index (κ1) is 19.4. The van der Waals surface area contributed by atoms with Crippen molar-refractivity contribution >= 4 is 20.9 Å². The van der Waals surface area contributed by atoms with E-state index in [9.17, 15) is 8.42 Å². The molecule has 0 unspecified atom stereocenters. The molecule has 0 aliphatic carbocycles. The summed E-state index contributed by atoms with van der Waals surface area (Å²) in [6.45, 7) is 2.75. The van der Waals surface area contributed by atoms with Gasteiger partial charge in [-0.15, -0.1) is 0 Å². The van der Waals surface area contributed by atoms with Crippen LogP contribution >= 0.6 is 0 Å². The van der Waals surface area contributed by atoms with Gasteiger partial charge in [0.25, 0.3) is 0 Å². The zero-order chi connectivity index (χ0) is 20.4. The predicted molar refractivity (Wildman–Crippen MR) is 118 cm³/mol. The minimum atomic E-state index is -3.77. The molecule has 148 valence electrons. The molecule has 4 nitrogen and oxygen atoms in total. The van der Waals surface area contributed by atoms with Crippen LogP contribution in [0.1, 0.15) is 24.8 Å². The smallest absolute Gasteiger partial charge is 0.238 e. The van der Waals surface area contributed by atoms with Crippen LogP contribution in [0.4, 0.5) is 0 Å². The van der Waals surface area contributed by atoms with Crippen molar-refractivity contribution in [2.45, 2.75) is 30.7 Å². The van der Waals surface area contributed by atoms with E-state index in [-0.39, 0.29) is 10.8 Å². The van der Waals surface area contributed by atoms with Crippen molar-refractivity contribution in [2.75, 3.05) is 0 Å². The molecule has 29 heavy (non-hydrogen) atoms. The van der Waals surface area contributed by atoms with Gasteiger partial charge in [-0.3, -0.25) is 0 Å². The molecule has 1 atom stereocenters. The number of para-hydroxylation sites is 1. The third-order valence-electron chi connectivity index (χ3n) is 5.45. The SMILES string of the molecule is CC[C@H](Cn1cc(-c2ccccc2)c2ccccc21)c1ccccc1S(N)(=O)=O. The van der Waals surface area contributed by atoms with E-state index < -0.39 is 10.0 Å². The Labute approximate surface area is 171 Å². The summed E-state index contributed by atoms with van der Waals surface area (Å²) in [6, 6.07) is 25.7. The maximum atomic E-state index is 12.1. The number of primary sulfonamides is 1. The van der Waals surface area contributed by atoms with Gasteiger partial charge in [0.15, 0.2) is 0 Å². The van der Waals surface area contributed by atoms with E-state index in [4.69, 9.17) is 5.14 Å². The number of aromatic nitrogens is 1. The summed E-state index contributed by atoms with van der Waals surface area (Å²) in [7, 11) is -3.77. The van der Waals surface area contributed by atoms with Crippen LogP contribution in [0.15, 0.2) is 90.0 Å². The quantitative estimate of drug-likeness (QED) is 0.483. The van der Waals surface area contributed by atoms with Crippen molar-refractivity contribution in [1.29, 1.82) is 0 Å². The molecule has 1 aromatic heterocycles. The van der Waals surface area contributed by atoms with Crippen LogP contribution < -0.4 is 5.14 Å². The molecule has 0 radical (unpaired) electrons. The van der Waals surface area contributed by atoms with Crippen molar-refractivity contribution in [3.63, 3.8) is 0 Å². The fourth-order valence-corrected chi connectivity index (χ4v) is 4.84. The molecule has 0 bridgehead atoms. The Morgan fingerprint density at radius 1 is 0.897 bits per heavy atom. The number of nitrogens with two attached hydrogens (primary N) is 1. The Balaban J connectivity index is 1.81. The highest BCUT2D eigenvalue weighted by atomic mass is 32.2. The van der Waals surface area contributed by atoms with Crippen molar-refractivity contribution in [1.82, 2.24) is 4.57 Å². The number of rotatable bonds is 6. The van der Waals surface area contributed by atoms with Gasteiger partial charge in [-0.2, -0.15) is 0 Å². The van der Waals surface area contributed by atoms with Gasteiger partial charge >= 0.3 is 0 Å². The summed E-state index contributed by atoms with van der Waals surface area (Å²) in [6.07, 6.45) is 2.97. The summed E-state index contributed by atoms with van der Waals surface area (Å²) in [5, 5.41) is 6.67. The van der Waals surface area contributed by atoms with E-state index in [1.54, 1.807) is 12.1 Å². The molecule has 0 fully saturated rings. The molecule has 0 spiro atoms. The van der Waals surface area contributed by atoms with Crippen molar-refractivity contribution in [3.8, 4) is 11.1 Å². The van der Waals surface area contributed by atoms with Crippen molar-refractivity contribution in [2.24, 2.45) is 5.14 Å². The Bertz CT molecular complexity index is 1240. The highest BCUT2D eigenvalue weighted by molar-refractivity contribution is 7.89. The first-order chi connectivity index (χ1) is 14.0. The van der Waals surface area contributed by atoms with E-state index in [0.717, 1.165) is 17.5 Å². The molecule has 2 N–H and O–H groups in total. The van der Waals surface area contributed by atoms with Gasteiger partial charge in [0.1, 0.15) is 0 Å². The van der Waals surface area contributed by atoms with Crippen LogP contribution in [-0.4, -0.2) is 13.0 Å². The Morgan fingerprint density at radius 3 is 2.28 bits per heavy atom. The van der Waals surface area contributed by atoms with Gasteiger partial charge in [-0.25, -0.2) is 13.6 Å². The zero-order valence-corrected chi connectivity index (χ0v) is 17.1. The number of hydrogen-bond acceptors (Lipinski definition) is 2. The molecule has 4 rings (SSSR count). The molecule has 0 aliphatic rings. The molecule has 0 saturated carbocycles. The van der Waals surface area contributed by atoms with E-state index in [1.807, 2.05) is 42.5 Å². The van der Waals surface area contributed by atoms with E-state index in [1.165, 1.54) is 16.5 Å². The zero-order valence-electron chi connectivity index (χ0n) is 16.3. The van der Waals surface area contributed by atoms with E-state index in [0.29, 0.717) is 6.54 Å². The highest BCUT2D eigenvalue weighted by Crippen LogP contribution is 2.34. The number of benzene rings is 3.